The van der Waals surface area contributed by atoms with Crippen molar-refractivity contribution in [3.63, 3.8) is 0 Å². The standard InChI is InChI=1S/C26H33NO/c1-19(2)18-28-25-15-12-21-8-6-7-9-23(21)24(25)17-27-16-20-10-13-22(14-11-20)26(3,4)5/h6-15,19,27H,16-18H2,1-5H3. The molecule has 3 rings (SSSR count). The Hall–Kier alpha value is -2.32. The average Bonchev–Trinajstić information content (AvgIpc) is 2.66. The molecule has 0 aliphatic heterocycles. The van der Waals surface area contributed by atoms with Gasteiger partial charge in [-0.25, -0.2) is 0 Å². The Labute approximate surface area is 169 Å². The minimum Gasteiger partial charge on any atom is -0.493 e. The Balaban J connectivity index is 1.74. The Morgan fingerprint density at radius 1 is 0.857 bits per heavy atom. The normalized spacial score (nSPS) is 11.9. The third kappa shape index (κ3) is 5.14. The van der Waals surface area contributed by atoms with Gasteiger partial charge in [0.2, 0.25) is 0 Å². The molecule has 148 valence electrons. The lowest BCUT2D eigenvalue weighted by Gasteiger charge is -2.19. The molecule has 0 spiro atoms. The summed E-state index contributed by atoms with van der Waals surface area (Å²) in [6.45, 7) is 13.5. The third-order valence-electron chi connectivity index (χ3n) is 5.02. The molecule has 0 aromatic heterocycles. The van der Waals surface area contributed by atoms with E-state index in [1.54, 1.807) is 0 Å². The number of ether oxygens (including phenoxy) is 1. The van der Waals surface area contributed by atoms with Crippen LogP contribution >= 0.6 is 0 Å². The summed E-state index contributed by atoms with van der Waals surface area (Å²) in [5.41, 5.74) is 4.11. The monoisotopic (exact) mass is 375 g/mol. The van der Waals surface area contributed by atoms with Crippen molar-refractivity contribution in [2.24, 2.45) is 5.92 Å². The first kappa shape index (κ1) is 20.4. The van der Waals surface area contributed by atoms with Crippen molar-refractivity contribution in [1.82, 2.24) is 5.32 Å². The van der Waals surface area contributed by atoms with Crippen LogP contribution in [0.4, 0.5) is 0 Å². The highest BCUT2D eigenvalue weighted by Crippen LogP contribution is 2.29. The first-order chi connectivity index (χ1) is 13.3. The largest absolute Gasteiger partial charge is 0.493 e. The Bertz CT molecular complexity index is 904. The highest BCUT2D eigenvalue weighted by molar-refractivity contribution is 5.87. The molecule has 0 amide bonds. The molecule has 0 fully saturated rings. The number of rotatable bonds is 7. The summed E-state index contributed by atoms with van der Waals surface area (Å²) >= 11 is 0. The second kappa shape index (κ2) is 8.79. The number of nitrogens with one attached hydrogen (secondary N) is 1. The van der Waals surface area contributed by atoms with Crippen LogP contribution in [0.1, 0.15) is 51.3 Å². The zero-order chi connectivity index (χ0) is 20.1. The van der Waals surface area contributed by atoms with Gasteiger partial charge in [0.1, 0.15) is 5.75 Å². The van der Waals surface area contributed by atoms with Crippen molar-refractivity contribution in [3.05, 3.63) is 77.4 Å². The van der Waals surface area contributed by atoms with Gasteiger partial charge in [-0.05, 0) is 39.3 Å². The molecule has 1 N–H and O–H groups in total. The molecule has 0 saturated heterocycles. The zero-order valence-corrected chi connectivity index (χ0v) is 17.9. The van der Waals surface area contributed by atoms with Crippen LogP contribution < -0.4 is 10.1 Å². The fraction of sp³-hybridized carbons (Fsp3) is 0.385. The maximum absolute atomic E-state index is 6.12. The van der Waals surface area contributed by atoms with Crippen molar-refractivity contribution in [3.8, 4) is 5.75 Å². The van der Waals surface area contributed by atoms with Crippen LogP contribution in [0.5, 0.6) is 5.75 Å². The van der Waals surface area contributed by atoms with E-state index in [1.807, 2.05) is 0 Å². The lowest BCUT2D eigenvalue weighted by atomic mass is 9.87. The van der Waals surface area contributed by atoms with Crippen LogP contribution in [-0.4, -0.2) is 6.61 Å². The van der Waals surface area contributed by atoms with E-state index in [-0.39, 0.29) is 5.41 Å². The lowest BCUT2D eigenvalue weighted by molar-refractivity contribution is 0.268. The van der Waals surface area contributed by atoms with Gasteiger partial charge >= 0.3 is 0 Å². The van der Waals surface area contributed by atoms with Crippen molar-refractivity contribution in [2.45, 2.75) is 53.1 Å². The van der Waals surface area contributed by atoms with E-state index in [2.05, 4.69) is 101 Å². The van der Waals surface area contributed by atoms with Crippen LogP contribution in [0.25, 0.3) is 10.8 Å². The number of hydrogen-bond donors (Lipinski definition) is 1. The summed E-state index contributed by atoms with van der Waals surface area (Å²) in [4.78, 5) is 0. The fourth-order valence-electron chi connectivity index (χ4n) is 3.34. The molecule has 28 heavy (non-hydrogen) atoms. The molecule has 0 atom stereocenters. The van der Waals surface area contributed by atoms with Gasteiger partial charge in [0.15, 0.2) is 0 Å². The van der Waals surface area contributed by atoms with E-state index in [1.165, 1.54) is 27.5 Å². The second-order valence-corrected chi connectivity index (χ2v) is 9.02. The van der Waals surface area contributed by atoms with Gasteiger partial charge < -0.3 is 10.1 Å². The van der Waals surface area contributed by atoms with Crippen molar-refractivity contribution < 1.29 is 4.74 Å². The SMILES string of the molecule is CC(C)COc1ccc2ccccc2c1CNCc1ccc(C(C)(C)C)cc1. The van der Waals surface area contributed by atoms with Gasteiger partial charge in [0.25, 0.3) is 0 Å². The Morgan fingerprint density at radius 3 is 2.25 bits per heavy atom. The lowest BCUT2D eigenvalue weighted by Crippen LogP contribution is -2.15. The molecule has 3 aromatic rings. The summed E-state index contributed by atoms with van der Waals surface area (Å²) in [5.74, 6) is 1.50. The summed E-state index contributed by atoms with van der Waals surface area (Å²) in [5, 5.41) is 6.13. The first-order valence-corrected chi connectivity index (χ1v) is 10.3. The Morgan fingerprint density at radius 2 is 1.57 bits per heavy atom. The maximum Gasteiger partial charge on any atom is 0.124 e. The van der Waals surface area contributed by atoms with Gasteiger partial charge in [0.05, 0.1) is 6.61 Å². The van der Waals surface area contributed by atoms with Crippen LogP contribution in [-0.2, 0) is 18.5 Å². The van der Waals surface area contributed by atoms with Gasteiger partial charge in [0, 0.05) is 18.7 Å². The molecule has 0 bridgehead atoms. The van der Waals surface area contributed by atoms with E-state index in [0.717, 1.165) is 25.4 Å². The molecule has 0 aliphatic carbocycles. The molecule has 0 saturated carbocycles. The Kier molecular flexibility index (Phi) is 6.41. The zero-order valence-electron chi connectivity index (χ0n) is 17.9. The topological polar surface area (TPSA) is 21.3 Å². The molecular weight excluding hydrogens is 342 g/mol. The van der Waals surface area contributed by atoms with Gasteiger partial charge in [-0.15, -0.1) is 0 Å². The van der Waals surface area contributed by atoms with Crippen molar-refractivity contribution in [2.75, 3.05) is 6.61 Å². The summed E-state index contributed by atoms with van der Waals surface area (Å²) in [7, 11) is 0. The number of fused-ring (bicyclic) bond motifs is 1. The second-order valence-electron chi connectivity index (χ2n) is 9.02. The van der Waals surface area contributed by atoms with Crippen LogP contribution in [0.3, 0.4) is 0 Å². The summed E-state index contributed by atoms with van der Waals surface area (Å²) in [6, 6.07) is 21.7. The van der Waals surface area contributed by atoms with E-state index >= 15 is 0 Å². The van der Waals surface area contributed by atoms with Crippen LogP contribution in [0.15, 0.2) is 60.7 Å². The molecule has 3 aromatic carbocycles. The minimum atomic E-state index is 0.192. The third-order valence-corrected chi connectivity index (χ3v) is 5.02. The highest BCUT2D eigenvalue weighted by Gasteiger charge is 2.13. The molecule has 2 heteroatoms. The molecule has 0 aliphatic rings. The first-order valence-electron chi connectivity index (χ1n) is 10.3. The molecule has 2 nitrogen and oxygen atoms in total. The van der Waals surface area contributed by atoms with E-state index < -0.39 is 0 Å². The van der Waals surface area contributed by atoms with E-state index in [4.69, 9.17) is 4.74 Å². The molecule has 0 unspecified atom stereocenters. The predicted octanol–water partition coefficient (Wildman–Crippen LogP) is 6.46. The van der Waals surface area contributed by atoms with Crippen molar-refractivity contribution >= 4 is 10.8 Å². The molecule has 0 radical (unpaired) electrons. The van der Waals surface area contributed by atoms with E-state index in [9.17, 15) is 0 Å². The predicted molar refractivity (Wildman–Crippen MR) is 120 cm³/mol. The number of hydrogen-bond acceptors (Lipinski definition) is 2. The van der Waals surface area contributed by atoms with Crippen molar-refractivity contribution in [1.29, 1.82) is 0 Å². The minimum absolute atomic E-state index is 0.192. The van der Waals surface area contributed by atoms with Gasteiger partial charge in [-0.3, -0.25) is 0 Å². The highest BCUT2D eigenvalue weighted by atomic mass is 16.5. The van der Waals surface area contributed by atoms with E-state index in [0.29, 0.717) is 5.92 Å². The maximum atomic E-state index is 6.12. The fourth-order valence-corrected chi connectivity index (χ4v) is 3.34. The smallest absolute Gasteiger partial charge is 0.124 e. The average molecular weight is 376 g/mol. The summed E-state index contributed by atoms with van der Waals surface area (Å²) < 4.78 is 6.12. The quantitative estimate of drug-likeness (QED) is 0.511. The van der Waals surface area contributed by atoms with Crippen LogP contribution in [0, 0.1) is 5.92 Å². The van der Waals surface area contributed by atoms with Crippen LogP contribution in [0.2, 0.25) is 0 Å². The summed E-state index contributed by atoms with van der Waals surface area (Å²) in [6.07, 6.45) is 0. The number of benzene rings is 3. The molecule has 0 heterocycles. The van der Waals surface area contributed by atoms with Gasteiger partial charge in [-0.1, -0.05) is 89.2 Å². The molecular formula is C26H33NO. The van der Waals surface area contributed by atoms with Gasteiger partial charge in [-0.2, -0.15) is 0 Å².